The molecule has 1 fully saturated rings. The number of esters is 1. The second-order valence-electron chi connectivity index (χ2n) is 6.42. The van der Waals surface area contributed by atoms with Crippen LogP contribution >= 0.6 is 11.6 Å². The molecule has 0 radical (unpaired) electrons. The van der Waals surface area contributed by atoms with Gasteiger partial charge >= 0.3 is 5.97 Å². The van der Waals surface area contributed by atoms with Crippen molar-refractivity contribution in [1.29, 1.82) is 0 Å². The Balaban J connectivity index is 1.53. The molecule has 8 heteroatoms. The van der Waals surface area contributed by atoms with Gasteiger partial charge in [-0.3, -0.25) is 0 Å². The molecule has 1 aromatic carbocycles. The quantitative estimate of drug-likeness (QED) is 0.558. The molecule has 2 aromatic heterocycles. The fourth-order valence-electron chi connectivity index (χ4n) is 3.56. The number of carbonyl (C=O) groups excluding carboxylic acids is 1. The van der Waals surface area contributed by atoms with Crippen LogP contribution in [0.15, 0.2) is 36.7 Å². The molecule has 1 aliphatic carbocycles. The largest absolute Gasteiger partial charge is 0.462 e. The highest BCUT2D eigenvalue weighted by atomic mass is 35.5. The Kier molecular flexibility index (Phi) is 4.46. The molecule has 1 aliphatic rings. The lowest BCUT2D eigenvalue weighted by atomic mass is 10.0. The van der Waals surface area contributed by atoms with Gasteiger partial charge in [0.1, 0.15) is 5.52 Å². The molecule has 26 heavy (non-hydrogen) atoms. The number of halogens is 1. The lowest BCUT2D eigenvalue weighted by Gasteiger charge is -2.21. The van der Waals surface area contributed by atoms with Gasteiger partial charge in [0.05, 0.1) is 18.5 Å². The molecule has 1 saturated carbocycles. The Hall–Kier alpha value is -2.67. The van der Waals surface area contributed by atoms with E-state index in [9.17, 15) is 4.79 Å². The molecule has 2 N–H and O–H groups in total. The summed E-state index contributed by atoms with van der Waals surface area (Å²) in [5.41, 5.74) is 7.44. The Morgan fingerprint density at radius 3 is 2.88 bits per heavy atom. The highest BCUT2D eigenvalue weighted by molar-refractivity contribution is 6.33. The monoisotopic (exact) mass is 371 g/mol. The molecule has 2 atom stereocenters. The number of aromatic nitrogens is 4. The van der Waals surface area contributed by atoms with Crippen molar-refractivity contribution in [3.63, 3.8) is 0 Å². The first-order valence-corrected chi connectivity index (χ1v) is 8.89. The Morgan fingerprint density at radius 2 is 2.08 bits per heavy atom. The van der Waals surface area contributed by atoms with Gasteiger partial charge in [0, 0.05) is 12.0 Å². The van der Waals surface area contributed by atoms with Crippen LogP contribution in [0, 0.1) is 5.92 Å². The zero-order valence-electron chi connectivity index (χ0n) is 14.0. The summed E-state index contributed by atoms with van der Waals surface area (Å²) < 4.78 is 7.52. The molecule has 0 unspecified atom stereocenters. The number of anilines is 1. The number of fused-ring (bicyclic) bond motifs is 1. The van der Waals surface area contributed by atoms with E-state index in [1.54, 1.807) is 18.5 Å². The van der Waals surface area contributed by atoms with Crippen LogP contribution < -0.4 is 5.73 Å². The van der Waals surface area contributed by atoms with Gasteiger partial charge < -0.3 is 15.0 Å². The van der Waals surface area contributed by atoms with Crippen molar-refractivity contribution in [2.75, 3.05) is 12.3 Å². The molecule has 0 amide bonds. The van der Waals surface area contributed by atoms with E-state index in [0.717, 1.165) is 19.3 Å². The normalized spacial score (nSPS) is 19.7. The van der Waals surface area contributed by atoms with Gasteiger partial charge in [-0.15, -0.1) is 0 Å². The molecule has 7 nitrogen and oxygen atoms in total. The van der Waals surface area contributed by atoms with Crippen LogP contribution in [0.5, 0.6) is 0 Å². The van der Waals surface area contributed by atoms with Crippen molar-refractivity contribution in [2.45, 2.75) is 25.3 Å². The minimum atomic E-state index is -0.304. The van der Waals surface area contributed by atoms with E-state index < -0.39 is 0 Å². The van der Waals surface area contributed by atoms with Gasteiger partial charge in [-0.05, 0) is 25.0 Å². The van der Waals surface area contributed by atoms with E-state index in [-0.39, 0.29) is 29.0 Å². The third-order valence-corrected chi connectivity index (χ3v) is 5.07. The molecule has 2 heterocycles. The molecule has 134 valence electrons. The van der Waals surface area contributed by atoms with E-state index in [1.807, 2.05) is 22.8 Å². The van der Waals surface area contributed by atoms with Crippen LogP contribution in [-0.2, 0) is 4.74 Å². The molecule has 0 aliphatic heterocycles. The second kappa shape index (κ2) is 6.92. The zero-order valence-corrected chi connectivity index (χ0v) is 14.8. The fourth-order valence-corrected chi connectivity index (χ4v) is 3.78. The number of hydrogen-bond donors (Lipinski definition) is 1. The molecule has 0 spiro atoms. The van der Waals surface area contributed by atoms with Crippen LogP contribution in [0.2, 0.25) is 5.15 Å². The van der Waals surface area contributed by atoms with Crippen molar-refractivity contribution >= 4 is 34.7 Å². The van der Waals surface area contributed by atoms with Crippen LogP contribution in [-0.4, -0.2) is 32.1 Å². The number of rotatable bonds is 4. The summed E-state index contributed by atoms with van der Waals surface area (Å²) in [6.45, 7) is 0.354. The van der Waals surface area contributed by atoms with E-state index in [0.29, 0.717) is 23.3 Å². The first-order valence-electron chi connectivity index (χ1n) is 8.51. The fraction of sp³-hybridized carbons (Fsp3) is 0.333. The van der Waals surface area contributed by atoms with Gasteiger partial charge in [-0.25, -0.2) is 9.78 Å². The van der Waals surface area contributed by atoms with Crippen molar-refractivity contribution in [2.24, 2.45) is 5.92 Å². The Morgan fingerprint density at radius 1 is 1.27 bits per heavy atom. The summed E-state index contributed by atoms with van der Waals surface area (Å²) >= 11 is 6.11. The summed E-state index contributed by atoms with van der Waals surface area (Å²) in [7, 11) is 0. The van der Waals surface area contributed by atoms with Crippen LogP contribution in [0.4, 0.5) is 5.95 Å². The minimum absolute atomic E-state index is 0.120. The number of ether oxygens (including phenoxy) is 1. The second-order valence-corrected chi connectivity index (χ2v) is 6.78. The van der Waals surface area contributed by atoms with Gasteiger partial charge in [-0.1, -0.05) is 36.2 Å². The van der Waals surface area contributed by atoms with E-state index in [2.05, 4.69) is 15.0 Å². The van der Waals surface area contributed by atoms with E-state index >= 15 is 0 Å². The molecular formula is C18H18ClN5O2. The summed E-state index contributed by atoms with van der Waals surface area (Å²) in [5, 5.41) is 0.247. The summed E-state index contributed by atoms with van der Waals surface area (Å²) in [6, 6.07) is 9.14. The van der Waals surface area contributed by atoms with Crippen LogP contribution in [0.1, 0.15) is 35.7 Å². The lowest BCUT2D eigenvalue weighted by molar-refractivity contribution is 0.0415. The minimum Gasteiger partial charge on any atom is -0.462 e. The average Bonchev–Trinajstić information content (AvgIpc) is 3.26. The first-order chi connectivity index (χ1) is 12.6. The number of nitrogens with zero attached hydrogens (tertiary/aromatic N) is 4. The smallest absolute Gasteiger partial charge is 0.338 e. The number of benzene rings is 1. The highest BCUT2D eigenvalue weighted by Crippen LogP contribution is 2.38. The molecule has 4 rings (SSSR count). The van der Waals surface area contributed by atoms with Crippen molar-refractivity contribution in [3.05, 3.63) is 47.4 Å². The van der Waals surface area contributed by atoms with Crippen molar-refractivity contribution in [1.82, 2.24) is 19.5 Å². The summed E-state index contributed by atoms with van der Waals surface area (Å²) in [6.07, 6.45) is 4.69. The Labute approximate surface area is 155 Å². The third-order valence-electron chi connectivity index (χ3n) is 4.81. The molecule has 0 saturated heterocycles. The van der Waals surface area contributed by atoms with Crippen molar-refractivity contribution in [3.8, 4) is 0 Å². The maximum absolute atomic E-state index is 12.2. The van der Waals surface area contributed by atoms with Gasteiger partial charge in [0.25, 0.3) is 0 Å². The molecule has 3 aromatic rings. The predicted molar refractivity (Wildman–Crippen MR) is 97.8 cm³/mol. The third kappa shape index (κ3) is 3.10. The van der Waals surface area contributed by atoms with E-state index in [1.165, 1.54) is 0 Å². The number of carbonyl (C=O) groups is 1. The van der Waals surface area contributed by atoms with Crippen molar-refractivity contribution < 1.29 is 9.53 Å². The molecular weight excluding hydrogens is 354 g/mol. The predicted octanol–water partition coefficient (Wildman–Crippen LogP) is 3.26. The SMILES string of the molecule is Nc1nc(Cl)c2ncn([C@@H]3CCC[C@H]3COC(=O)c3ccccc3)c2n1. The lowest BCUT2D eigenvalue weighted by Crippen LogP contribution is -2.20. The highest BCUT2D eigenvalue weighted by Gasteiger charge is 2.31. The Bertz CT molecular complexity index is 943. The van der Waals surface area contributed by atoms with Gasteiger partial charge in [0.2, 0.25) is 5.95 Å². The number of nitrogen functional groups attached to an aromatic ring is 1. The summed E-state index contributed by atoms with van der Waals surface area (Å²) in [4.78, 5) is 24.8. The standard InChI is InChI=1S/C18H18ClN5O2/c19-15-14-16(23-18(20)22-15)24(10-21-14)13-8-4-7-12(13)9-26-17(25)11-5-2-1-3-6-11/h1-3,5-6,10,12-13H,4,7-9H2,(H2,20,22,23)/t12-,13+/m0/s1. The topological polar surface area (TPSA) is 95.9 Å². The number of hydrogen-bond acceptors (Lipinski definition) is 6. The van der Waals surface area contributed by atoms with E-state index in [4.69, 9.17) is 22.1 Å². The van der Waals surface area contributed by atoms with Crippen LogP contribution in [0.25, 0.3) is 11.2 Å². The van der Waals surface area contributed by atoms with Gasteiger partial charge in [-0.2, -0.15) is 9.97 Å². The molecule has 0 bridgehead atoms. The van der Waals surface area contributed by atoms with Crippen LogP contribution in [0.3, 0.4) is 0 Å². The number of imidazole rings is 1. The zero-order chi connectivity index (χ0) is 18.1. The average molecular weight is 372 g/mol. The number of nitrogens with two attached hydrogens (primary N) is 1. The maximum atomic E-state index is 12.2. The first kappa shape index (κ1) is 16.8. The summed E-state index contributed by atoms with van der Waals surface area (Å²) in [5.74, 6) is 0.00526. The van der Waals surface area contributed by atoms with Gasteiger partial charge in [0.15, 0.2) is 10.8 Å². The maximum Gasteiger partial charge on any atom is 0.338 e.